The molecule has 1 atom stereocenters. The summed E-state index contributed by atoms with van der Waals surface area (Å²) >= 11 is 0. The maximum absolute atomic E-state index is 12.9. The minimum atomic E-state index is -0.405. The summed E-state index contributed by atoms with van der Waals surface area (Å²) in [5.74, 6) is 0.501. The van der Waals surface area contributed by atoms with E-state index in [-0.39, 0.29) is 29.3 Å². The number of hydrogen-bond donors (Lipinski definition) is 3. The minimum absolute atomic E-state index is 0.0449. The number of amides is 4. The molecule has 0 radical (unpaired) electrons. The molecule has 15 nitrogen and oxygen atoms in total. The normalized spacial score (nSPS) is 17.2. The molecular weight excluding hydrogens is 807 g/mol. The second-order valence-corrected chi connectivity index (χ2v) is 18.6. The van der Waals surface area contributed by atoms with Crippen molar-refractivity contribution in [1.82, 2.24) is 40.9 Å². The molecule has 3 saturated heterocycles. The lowest BCUT2D eigenvalue weighted by Crippen LogP contribution is -2.49. The van der Waals surface area contributed by atoms with Crippen LogP contribution < -0.4 is 25.3 Å². The number of aromatic nitrogens is 5. The first-order chi connectivity index (χ1) is 30.8. The molecule has 15 heteroatoms. The van der Waals surface area contributed by atoms with E-state index in [2.05, 4.69) is 94.2 Å². The van der Waals surface area contributed by atoms with Gasteiger partial charge in [-0.05, 0) is 104 Å². The number of H-pyrrole nitrogens is 1. The fourth-order valence-electron chi connectivity index (χ4n) is 9.28. The molecule has 9 rings (SSSR count). The second-order valence-electron chi connectivity index (χ2n) is 18.6. The van der Waals surface area contributed by atoms with Crippen LogP contribution in [-0.4, -0.2) is 100 Å². The number of piperidine rings is 1. The predicted octanol–water partition coefficient (Wildman–Crippen LogP) is 7.57. The fourth-order valence-corrected chi connectivity index (χ4v) is 9.28. The number of fused-ring (bicyclic) bond motifs is 1. The van der Waals surface area contributed by atoms with Crippen LogP contribution >= 0.6 is 0 Å². The van der Waals surface area contributed by atoms with Crippen LogP contribution in [0, 0.1) is 19.8 Å². The Morgan fingerprint density at radius 3 is 2.25 bits per heavy atom. The van der Waals surface area contributed by atoms with Crippen molar-refractivity contribution < 1.29 is 18.9 Å². The van der Waals surface area contributed by atoms with E-state index in [4.69, 9.17) is 9.51 Å². The van der Waals surface area contributed by atoms with Crippen LogP contribution in [-0.2, 0) is 10.2 Å². The number of piperazine rings is 1. The van der Waals surface area contributed by atoms with E-state index in [0.29, 0.717) is 30.4 Å². The lowest BCUT2D eigenvalue weighted by Gasteiger charge is -2.40. The van der Waals surface area contributed by atoms with Crippen molar-refractivity contribution in [3.8, 4) is 22.4 Å². The van der Waals surface area contributed by atoms with Gasteiger partial charge in [-0.25, -0.2) is 9.78 Å². The molecule has 3 fully saturated rings. The van der Waals surface area contributed by atoms with Crippen LogP contribution in [0.15, 0.2) is 77.4 Å². The summed E-state index contributed by atoms with van der Waals surface area (Å²) in [5.41, 5.74) is 10.7. The van der Waals surface area contributed by atoms with E-state index in [1.54, 1.807) is 4.90 Å². The van der Waals surface area contributed by atoms with Gasteiger partial charge in [0.2, 0.25) is 5.91 Å². The molecule has 3 aromatic heterocycles. The summed E-state index contributed by atoms with van der Waals surface area (Å²) in [7, 11) is 0. The molecule has 3 aliphatic heterocycles. The molecule has 3 N–H and O–H groups in total. The van der Waals surface area contributed by atoms with Crippen molar-refractivity contribution in [2.45, 2.75) is 72.3 Å². The lowest BCUT2D eigenvalue weighted by atomic mass is 9.95. The van der Waals surface area contributed by atoms with Crippen LogP contribution in [0.4, 0.5) is 21.9 Å². The third-order valence-corrected chi connectivity index (χ3v) is 13.0. The Morgan fingerprint density at radius 2 is 1.56 bits per heavy atom. The molecular formula is C49H57N11O4. The van der Waals surface area contributed by atoms with Crippen molar-refractivity contribution in [1.29, 1.82) is 0 Å². The summed E-state index contributed by atoms with van der Waals surface area (Å²) in [4.78, 5) is 55.2. The number of rotatable bonds is 10. The van der Waals surface area contributed by atoms with E-state index < -0.39 is 5.91 Å². The number of carbonyl (C=O) groups is 3. The Morgan fingerprint density at radius 1 is 0.844 bits per heavy atom. The van der Waals surface area contributed by atoms with E-state index in [0.717, 1.165) is 109 Å². The van der Waals surface area contributed by atoms with E-state index >= 15 is 0 Å². The van der Waals surface area contributed by atoms with E-state index in [1.807, 2.05) is 65.9 Å². The average molecular weight is 864 g/mol. The van der Waals surface area contributed by atoms with Gasteiger partial charge in [0, 0.05) is 104 Å². The molecule has 1 unspecified atom stereocenters. The maximum Gasteiger partial charge on any atom is 0.328 e. The first kappa shape index (κ1) is 42.7. The number of aryl methyl sites for hydroxylation is 2. The summed E-state index contributed by atoms with van der Waals surface area (Å²) in [6, 6.07) is 22.8. The number of benzene rings is 3. The third kappa shape index (κ3) is 8.94. The summed E-state index contributed by atoms with van der Waals surface area (Å²) in [5, 5.41) is 18.1. The molecule has 332 valence electrons. The molecule has 3 aliphatic rings. The van der Waals surface area contributed by atoms with Gasteiger partial charge in [0.25, 0.3) is 0 Å². The van der Waals surface area contributed by atoms with Gasteiger partial charge in [0.1, 0.15) is 0 Å². The molecule has 6 aromatic rings. The largest absolute Gasteiger partial charge is 0.372 e. The highest BCUT2D eigenvalue weighted by molar-refractivity contribution is 6.06. The topological polar surface area (TPSA) is 169 Å². The number of carbonyl (C=O) groups excluding carboxylic acids is 3. The number of imide groups is 1. The van der Waals surface area contributed by atoms with Gasteiger partial charge in [0.05, 0.1) is 11.7 Å². The first-order valence-electron chi connectivity index (χ1n) is 22.4. The Hall–Kier alpha value is -6.61. The molecule has 0 aliphatic carbocycles. The van der Waals surface area contributed by atoms with Crippen LogP contribution in [0.1, 0.15) is 86.2 Å². The molecule has 0 saturated carbocycles. The molecule has 3 aromatic carbocycles. The van der Waals surface area contributed by atoms with Gasteiger partial charge in [-0.15, -0.1) is 0 Å². The Kier molecular flexibility index (Phi) is 11.7. The monoisotopic (exact) mass is 863 g/mol. The number of anilines is 3. The predicted molar refractivity (Wildman–Crippen MR) is 249 cm³/mol. The first-order valence-corrected chi connectivity index (χ1v) is 22.4. The zero-order valence-corrected chi connectivity index (χ0v) is 37.6. The van der Waals surface area contributed by atoms with Gasteiger partial charge in [-0.2, -0.15) is 10.1 Å². The molecule has 4 amide bonds. The van der Waals surface area contributed by atoms with Crippen LogP contribution in [0.5, 0.6) is 0 Å². The molecule has 0 spiro atoms. The summed E-state index contributed by atoms with van der Waals surface area (Å²) in [6.07, 6.45) is 4.53. The SMILES string of the molecule is Cc1cc(-c2[nH]nc3ncc(-c4ccc(N5CCN(CC6CCN(c7ccc(N8CCC(=O)NC8=O)c(C)c7)CC6)CC5)cc4)cc23)ccc1C(C)NC(=O)c1nc(C(C)(C)C)no1. The highest BCUT2D eigenvalue weighted by Gasteiger charge is 2.29. The summed E-state index contributed by atoms with van der Waals surface area (Å²) < 4.78 is 5.25. The number of urea groups is 1. The zero-order chi connectivity index (χ0) is 44.7. The number of nitrogens with zero attached hydrogens (tertiary/aromatic N) is 8. The number of pyridine rings is 1. The average Bonchev–Trinajstić information content (AvgIpc) is 3.96. The van der Waals surface area contributed by atoms with Crippen molar-refractivity contribution in [3.05, 3.63) is 101 Å². The van der Waals surface area contributed by atoms with Crippen molar-refractivity contribution >= 4 is 45.9 Å². The van der Waals surface area contributed by atoms with Crippen LogP contribution in [0.2, 0.25) is 0 Å². The van der Waals surface area contributed by atoms with Gasteiger partial charge < -0.3 is 19.6 Å². The highest BCUT2D eigenvalue weighted by Crippen LogP contribution is 2.34. The Bertz CT molecular complexity index is 2690. The molecule has 6 heterocycles. The quantitative estimate of drug-likeness (QED) is 0.124. The van der Waals surface area contributed by atoms with Crippen molar-refractivity contribution in [2.75, 3.05) is 67.1 Å². The second kappa shape index (κ2) is 17.5. The lowest BCUT2D eigenvalue weighted by molar-refractivity contribution is -0.120. The standard InChI is InChI=1S/C49H57N11O4/c1-30-25-35(9-13-39(30)32(3)51-45(62)46-53-47(56-64-46)49(4,5)6)43-40-27-36(28-50-44(40)55-54-43)34-7-10-37(11-8-34)59-23-21-57(22-24-59)29-33-15-18-58(19-16-33)38-12-14-41(31(2)26-38)60-20-17-42(61)52-48(60)63/h7-14,25-28,32-33H,15-24,29H2,1-6H3,(H,51,62)(H,50,54,55)(H,52,61,63). The number of hydrogen-bond acceptors (Lipinski definition) is 11. The highest BCUT2D eigenvalue weighted by atomic mass is 16.5. The summed E-state index contributed by atoms with van der Waals surface area (Å²) in [6.45, 7) is 19.6. The Labute approximate surface area is 373 Å². The van der Waals surface area contributed by atoms with Gasteiger partial charge in [0.15, 0.2) is 11.5 Å². The van der Waals surface area contributed by atoms with Crippen molar-refractivity contribution in [2.24, 2.45) is 5.92 Å². The van der Waals surface area contributed by atoms with Gasteiger partial charge in [-0.3, -0.25) is 29.8 Å². The molecule has 64 heavy (non-hydrogen) atoms. The van der Waals surface area contributed by atoms with E-state index in [1.165, 1.54) is 11.4 Å². The number of nitrogens with one attached hydrogen (secondary N) is 3. The zero-order valence-electron chi connectivity index (χ0n) is 37.6. The minimum Gasteiger partial charge on any atom is -0.372 e. The van der Waals surface area contributed by atoms with Crippen molar-refractivity contribution in [3.63, 3.8) is 0 Å². The van der Waals surface area contributed by atoms with E-state index in [9.17, 15) is 14.4 Å². The fraction of sp³-hybridized carbons (Fsp3) is 0.408. The smallest absolute Gasteiger partial charge is 0.328 e. The number of aromatic amines is 1. The van der Waals surface area contributed by atoms with Crippen LogP contribution in [0.25, 0.3) is 33.4 Å². The van der Waals surface area contributed by atoms with Crippen LogP contribution in [0.3, 0.4) is 0 Å². The Balaban J connectivity index is 0.770. The van der Waals surface area contributed by atoms with Gasteiger partial charge in [-0.1, -0.05) is 50.2 Å². The molecule has 0 bridgehead atoms. The third-order valence-electron chi connectivity index (χ3n) is 13.0. The van der Waals surface area contributed by atoms with Gasteiger partial charge >= 0.3 is 17.8 Å². The maximum atomic E-state index is 12.9.